The van der Waals surface area contributed by atoms with Crippen molar-refractivity contribution >= 4 is 17.6 Å². The van der Waals surface area contributed by atoms with E-state index in [0.717, 1.165) is 12.1 Å². The van der Waals surface area contributed by atoms with Crippen LogP contribution in [0.25, 0.3) is 0 Å². The van der Waals surface area contributed by atoms with Gasteiger partial charge in [-0.05, 0) is 24.3 Å². The zero-order valence-electron chi connectivity index (χ0n) is 12.7. The van der Waals surface area contributed by atoms with Crippen molar-refractivity contribution in [3.05, 3.63) is 59.7 Å². The second-order valence-electron chi connectivity index (χ2n) is 5.14. The Kier molecular flexibility index (Phi) is 4.16. The predicted octanol–water partition coefficient (Wildman–Crippen LogP) is 2.55. The summed E-state index contributed by atoms with van der Waals surface area (Å²) in [5.74, 6) is -2.80. The van der Waals surface area contributed by atoms with Crippen LogP contribution >= 0.6 is 0 Å². The number of halogens is 2. The molecule has 3 rings (SSSR count). The number of rotatable bonds is 2. The largest absolute Gasteiger partial charge is 0.475 e. The number of amides is 1. The number of fused-ring (bicyclic) bond motifs is 1. The van der Waals surface area contributed by atoms with Gasteiger partial charge in [0.1, 0.15) is 17.4 Å². The standard InChI is InChI=1S/C17H13F2NO4/c1-23-17(22)15-9-20(13-4-2-3-5-14(13)24-15)16(21)11-7-6-10(18)8-12(11)19/h2-8,15H,9H2,1H3/t15-/m0/s1. The van der Waals surface area contributed by atoms with Crippen molar-refractivity contribution in [3.63, 3.8) is 0 Å². The Morgan fingerprint density at radius 2 is 1.96 bits per heavy atom. The number of anilines is 1. The molecule has 0 N–H and O–H groups in total. The molecule has 2 aromatic rings. The summed E-state index contributed by atoms with van der Waals surface area (Å²) in [5, 5.41) is 0. The summed E-state index contributed by atoms with van der Waals surface area (Å²) < 4.78 is 37.2. The zero-order valence-corrected chi connectivity index (χ0v) is 12.7. The van der Waals surface area contributed by atoms with Gasteiger partial charge in [-0.2, -0.15) is 0 Å². The number of esters is 1. The summed E-state index contributed by atoms with van der Waals surface area (Å²) in [6.07, 6.45) is -1.03. The lowest BCUT2D eigenvalue weighted by Gasteiger charge is -2.33. The van der Waals surface area contributed by atoms with Crippen molar-refractivity contribution in [1.29, 1.82) is 0 Å². The van der Waals surface area contributed by atoms with Gasteiger partial charge in [0.2, 0.25) is 6.10 Å². The highest BCUT2D eigenvalue weighted by Gasteiger charge is 2.35. The third kappa shape index (κ3) is 2.80. The highest BCUT2D eigenvalue weighted by Crippen LogP contribution is 2.34. The highest BCUT2D eigenvalue weighted by molar-refractivity contribution is 6.07. The van der Waals surface area contributed by atoms with E-state index in [1.165, 1.54) is 12.0 Å². The molecule has 0 saturated carbocycles. The molecular weight excluding hydrogens is 320 g/mol. The van der Waals surface area contributed by atoms with Gasteiger partial charge in [0.25, 0.3) is 5.91 Å². The SMILES string of the molecule is COC(=O)[C@@H]1CN(C(=O)c2ccc(F)cc2F)c2ccccc2O1. The molecule has 0 aromatic heterocycles. The summed E-state index contributed by atoms with van der Waals surface area (Å²) >= 11 is 0. The Bertz CT molecular complexity index is 809. The number of carbonyl (C=O) groups is 2. The Balaban J connectivity index is 2.01. The monoisotopic (exact) mass is 333 g/mol. The lowest BCUT2D eigenvalue weighted by Crippen LogP contribution is -2.47. The maximum absolute atomic E-state index is 13.9. The molecule has 0 unspecified atom stereocenters. The van der Waals surface area contributed by atoms with E-state index >= 15 is 0 Å². The molecule has 2 aromatic carbocycles. The molecule has 5 nitrogen and oxygen atoms in total. The second kappa shape index (κ2) is 6.27. The lowest BCUT2D eigenvalue weighted by molar-refractivity contribution is -0.148. The number of hydrogen-bond donors (Lipinski definition) is 0. The molecule has 0 fully saturated rings. The quantitative estimate of drug-likeness (QED) is 0.793. The van der Waals surface area contributed by atoms with Crippen molar-refractivity contribution in [1.82, 2.24) is 0 Å². The molecule has 0 saturated heterocycles. The summed E-state index contributed by atoms with van der Waals surface area (Å²) in [6, 6.07) is 9.27. The van der Waals surface area contributed by atoms with Crippen LogP contribution in [0.4, 0.5) is 14.5 Å². The van der Waals surface area contributed by atoms with E-state index in [9.17, 15) is 18.4 Å². The number of nitrogens with zero attached hydrogens (tertiary/aromatic N) is 1. The van der Waals surface area contributed by atoms with Gasteiger partial charge in [0, 0.05) is 6.07 Å². The Labute approximate surface area is 136 Å². The Hall–Kier alpha value is -2.96. The number of benzene rings is 2. The third-order valence-electron chi connectivity index (χ3n) is 3.64. The molecule has 24 heavy (non-hydrogen) atoms. The van der Waals surface area contributed by atoms with Gasteiger partial charge in [-0.3, -0.25) is 4.79 Å². The molecule has 1 heterocycles. The first-order chi connectivity index (χ1) is 11.5. The van der Waals surface area contributed by atoms with Crippen LogP contribution in [0.1, 0.15) is 10.4 Å². The average Bonchev–Trinajstić information content (AvgIpc) is 2.59. The van der Waals surface area contributed by atoms with Gasteiger partial charge in [0.15, 0.2) is 0 Å². The van der Waals surface area contributed by atoms with Crippen LogP contribution in [0, 0.1) is 11.6 Å². The van der Waals surface area contributed by atoms with E-state index in [2.05, 4.69) is 4.74 Å². The first-order valence-corrected chi connectivity index (χ1v) is 7.11. The van der Waals surface area contributed by atoms with Crippen LogP contribution in [0.2, 0.25) is 0 Å². The van der Waals surface area contributed by atoms with E-state index in [-0.39, 0.29) is 12.1 Å². The number of methoxy groups -OCH3 is 1. The molecule has 0 aliphatic carbocycles. The van der Waals surface area contributed by atoms with Crippen LogP contribution in [0.3, 0.4) is 0 Å². The highest BCUT2D eigenvalue weighted by atomic mass is 19.1. The second-order valence-corrected chi connectivity index (χ2v) is 5.14. The fraction of sp³-hybridized carbons (Fsp3) is 0.176. The van der Waals surface area contributed by atoms with Gasteiger partial charge < -0.3 is 14.4 Å². The lowest BCUT2D eigenvalue weighted by atomic mass is 10.1. The summed E-state index contributed by atoms with van der Waals surface area (Å²) in [7, 11) is 1.21. The van der Waals surface area contributed by atoms with Gasteiger partial charge >= 0.3 is 5.97 Å². The van der Waals surface area contributed by atoms with Gasteiger partial charge in [0.05, 0.1) is 24.9 Å². The maximum atomic E-state index is 13.9. The molecule has 1 aliphatic heterocycles. The van der Waals surface area contributed by atoms with Crippen LogP contribution in [0.5, 0.6) is 5.75 Å². The van der Waals surface area contributed by atoms with Gasteiger partial charge in [-0.1, -0.05) is 12.1 Å². The van der Waals surface area contributed by atoms with Crippen LogP contribution in [-0.4, -0.2) is 31.6 Å². The molecular formula is C17H13F2NO4. The zero-order chi connectivity index (χ0) is 17.3. The van der Waals surface area contributed by atoms with Crippen molar-refractivity contribution < 1.29 is 27.8 Å². The van der Waals surface area contributed by atoms with E-state index < -0.39 is 29.6 Å². The Morgan fingerprint density at radius 1 is 1.21 bits per heavy atom. The topological polar surface area (TPSA) is 55.8 Å². The number of ether oxygens (including phenoxy) is 2. The molecule has 0 radical (unpaired) electrons. The molecule has 1 aliphatic rings. The molecule has 0 bridgehead atoms. The van der Waals surface area contributed by atoms with Crippen LogP contribution in [0.15, 0.2) is 42.5 Å². The van der Waals surface area contributed by atoms with E-state index in [4.69, 9.17) is 4.74 Å². The smallest absolute Gasteiger partial charge is 0.348 e. The fourth-order valence-electron chi connectivity index (χ4n) is 2.49. The number of hydrogen-bond acceptors (Lipinski definition) is 4. The molecule has 124 valence electrons. The first kappa shape index (κ1) is 15.9. The van der Waals surface area contributed by atoms with Gasteiger partial charge in [-0.25, -0.2) is 13.6 Å². The molecule has 1 atom stereocenters. The molecule has 0 spiro atoms. The minimum atomic E-state index is -1.03. The minimum absolute atomic E-state index is 0.140. The number of carbonyl (C=O) groups excluding carboxylic acids is 2. The van der Waals surface area contributed by atoms with Gasteiger partial charge in [-0.15, -0.1) is 0 Å². The van der Waals surface area contributed by atoms with Crippen molar-refractivity contribution in [2.24, 2.45) is 0 Å². The third-order valence-corrected chi connectivity index (χ3v) is 3.64. The van der Waals surface area contributed by atoms with Crippen molar-refractivity contribution in [2.45, 2.75) is 6.10 Å². The van der Waals surface area contributed by atoms with E-state index in [1.807, 2.05) is 0 Å². The summed E-state index contributed by atoms with van der Waals surface area (Å²) in [6.45, 7) is -0.140. The van der Waals surface area contributed by atoms with Crippen molar-refractivity contribution in [2.75, 3.05) is 18.6 Å². The fourth-order valence-corrected chi connectivity index (χ4v) is 2.49. The average molecular weight is 333 g/mol. The maximum Gasteiger partial charge on any atom is 0.348 e. The van der Waals surface area contributed by atoms with E-state index in [1.54, 1.807) is 24.3 Å². The predicted molar refractivity (Wildman–Crippen MR) is 80.9 cm³/mol. The molecule has 1 amide bonds. The van der Waals surface area contributed by atoms with Crippen LogP contribution in [-0.2, 0) is 9.53 Å². The first-order valence-electron chi connectivity index (χ1n) is 7.11. The minimum Gasteiger partial charge on any atom is -0.475 e. The summed E-state index contributed by atoms with van der Waals surface area (Å²) in [5.41, 5.74) is 0.100. The van der Waals surface area contributed by atoms with Crippen LogP contribution < -0.4 is 9.64 Å². The van der Waals surface area contributed by atoms with E-state index in [0.29, 0.717) is 17.5 Å². The summed E-state index contributed by atoms with van der Waals surface area (Å²) in [4.78, 5) is 25.7. The van der Waals surface area contributed by atoms with Crippen molar-refractivity contribution in [3.8, 4) is 5.75 Å². The Morgan fingerprint density at radius 3 is 2.67 bits per heavy atom. The normalized spacial score (nSPS) is 16.1. The molecule has 7 heteroatoms. The number of para-hydroxylation sites is 2.